The molecule has 0 unspecified atom stereocenters. The minimum atomic E-state index is 0.684. The number of benzene rings is 2. The van der Waals surface area contributed by atoms with Gasteiger partial charge in [-0.2, -0.15) is 0 Å². The van der Waals surface area contributed by atoms with Crippen molar-refractivity contribution in [3.63, 3.8) is 0 Å². The molecule has 2 aliphatic rings. The Labute approximate surface area is 139 Å². The van der Waals surface area contributed by atoms with Gasteiger partial charge in [0.1, 0.15) is 5.75 Å². The second-order valence-corrected chi connectivity index (χ2v) is 6.93. The molecule has 0 spiro atoms. The number of hydrogen-bond donors (Lipinski definition) is 0. The zero-order valence-electron chi connectivity index (χ0n) is 13.9. The highest BCUT2D eigenvalue weighted by molar-refractivity contribution is 5.43. The van der Waals surface area contributed by atoms with Crippen LogP contribution in [0.25, 0.3) is 0 Å². The van der Waals surface area contributed by atoms with Crippen LogP contribution in [-0.2, 0) is 19.4 Å². The third-order valence-corrected chi connectivity index (χ3v) is 5.61. The van der Waals surface area contributed by atoms with Gasteiger partial charge in [-0.15, -0.1) is 0 Å². The first kappa shape index (κ1) is 14.8. The van der Waals surface area contributed by atoms with E-state index in [2.05, 4.69) is 53.4 Å². The van der Waals surface area contributed by atoms with Gasteiger partial charge in [-0.05, 0) is 60.9 Å². The first-order valence-corrected chi connectivity index (χ1v) is 8.78. The first-order valence-electron chi connectivity index (χ1n) is 8.78. The fourth-order valence-electron chi connectivity index (χ4n) is 4.47. The van der Waals surface area contributed by atoms with E-state index in [4.69, 9.17) is 4.74 Å². The number of hydrogen-bond acceptors (Lipinski definition) is 2. The molecule has 0 N–H and O–H groups in total. The van der Waals surface area contributed by atoms with Crippen molar-refractivity contribution in [2.45, 2.75) is 38.3 Å². The zero-order chi connectivity index (χ0) is 15.6. The summed E-state index contributed by atoms with van der Waals surface area (Å²) in [6.45, 7) is 2.32. The van der Waals surface area contributed by atoms with Crippen LogP contribution in [0.5, 0.6) is 5.75 Å². The molecule has 120 valence electrons. The van der Waals surface area contributed by atoms with Gasteiger partial charge in [-0.3, -0.25) is 4.90 Å². The Morgan fingerprint density at radius 1 is 1.04 bits per heavy atom. The lowest BCUT2D eigenvalue weighted by Crippen LogP contribution is -2.48. The number of piperidine rings is 1. The molecular formula is C21H25NO. The zero-order valence-corrected chi connectivity index (χ0v) is 13.9. The molecule has 1 saturated heterocycles. The fourth-order valence-corrected chi connectivity index (χ4v) is 4.47. The van der Waals surface area contributed by atoms with E-state index in [1.165, 1.54) is 48.9 Å². The highest BCUT2D eigenvalue weighted by Gasteiger charge is 2.36. The van der Waals surface area contributed by atoms with E-state index >= 15 is 0 Å². The fraction of sp³-hybridized carbons (Fsp3) is 0.429. The van der Waals surface area contributed by atoms with Crippen molar-refractivity contribution in [1.82, 2.24) is 4.90 Å². The van der Waals surface area contributed by atoms with Crippen LogP contribution in [0.2, 0.25) is 0 Å². The van der Waals surface area contributed by atoms with E-state index in [-0.39, 0.29) is 0 Å². The Kier molecular flexibility index (Phi) is 4.09. The van der Waals surface area contributed by atoms with E-state index in [9.17, 15) is 0 Å². The van der Waals surface area contributed by atoms with Crippen LogP contribution in [0.4, 0.5) is 0 Å². The van der Waals surface area contributed by atoms with Crippen molar-refractivity contribution in [2.24, 2.45) is 5.92 Å². The van der Waals surface area contributed by atoms with Crippen LogP contribution in [0, 0.1) is 5.92 Å². The molecule has 1 aliphatic heterocycles. The molecule has 2 aromatic rings. The monoisotopic (exact) mass is 307 g/mol. The van der Waals surface area contributed by atoms with E-state index in [0.717, 1.165) is 18.2 Å². The summed E-state index contributed by atoms with van der Waals surface area (Å²) < 4.78 is 5.60. The summed E-state index contributed by atoms with van der Waals surface area (Å²) in [6, 6.07) is 18.1. The first-order chi connectivity index (χ1) is 11.3. The smallest absolute Gasteiger partial charge is 0.122 e. The Balaban J connectivity index is 1.59. The lowest BCUT2D eigenvalue weighted by Gasteiger charge is -2.45. The number of likely N-dealkylation sites (tertiary alicyclic amines) is 1. The van der Waals surface area contributed by atoms with E-state index in [1.807, 2.05) is 0 Å². The maximum absolute atomic E-state index is 5.60. The van der Waals surface area contributed by atoms with Gasteiger partial charge in [0.2, 0.25) is 0 Å². The molecular weight excluding hydrogens is 282 g/mol. The number of nitrogens with zero attached hydrogens (tertiary/aromatic N) is 1. The van der Waals surface area contributed by atoms with Gasteiger partial charge >= 0.3 is 0 Å². The maximum atomic E-state index is 5.60. The third kappa shape index (κ3) is 2.88. The summed E-state index contributed by atoms with van der Waals surface area (Å²) in [5, 5.41) is 0. The van der Waals surface area contributed by atoms with E-state index in [1.54, 1.807) is 7.11 Å². The van der Waals surface area contributed by atoms with Gasteiger partial charge in [0.05, 0.1) is 7.11 Å². The molecule has 2 heteroatoms. The lowest BCUT2D eigenvalue weighted by molar-refractivity contribution is 0.0778. The molecule has 2 aromatic carbocycles. The molecule has 1 aliphatic carbocycles. The Morgan fingerprint density at radius 3 is 2.74 bits per heavy atom. The Bertz CT molecular complexity index is 667. The van der Waals surface area contributed by atoms with Crippen molar-refractivity contribution < 1.29 is 4.74 Å². The molecule has 4 rings (SSSR count). The van der Waals surface area contributed by atoms with Gasteiger partial charge in [-0.25, -0.2) is 0 Å². The van der Waals surface area contributed by atoms with Crippen LogP contribution in [0.15, 0.2) is 48.5 Å². The Morgan fingerprint density at radius 2 is 1.91 bits per heavy atom. The third-order valence-electron chi connectivity index (χ3n) is 5.61. The van der Waals surface area contributed by atoms with Crippen LogP contribution in [0.3, 0.4) is 0 Å². The molecule has 1 fully saturated rings. The molecule has 23 heavy (non-hydrogen) atoms. The van der Waals surface area contributed by atoms with Crippen molar-refractivity contribution in [2.75, 3.05) is 13.7 Å². The summed E-state index contributed by atoms with van der Waals surface area (Å²) in [5.41, 5.74) is 4.38. The quantitative estimate of drug-likeness (QED) is 0.847. The largest absolute Gasteiger partial charge is 0.496 e. The van der Waals surface area contributed by atoms with Gasteiger partial charge in [0.25, 0.3) is 0 Å². The summed E-state index contributed by atoms with van der Waals surface area (Å²) in [7, 11) is 1.80. The predicted molar refractivity (Wildman–Crippen MR) is 93.8 cm³/mol. The maximum Gasteiger partial charge on any atom is 0.122 e. The molecule has 2 nitrogen and oxygen atoms in total. The molecule has 0 radical (unpaired) electrons. The highest BCUT2D eigenvalue weighted by Crippen LogP contribution is 2.39. The molecule has 0 bridgehead atoms. The van der Waals surface area contributed by atoms with Gasteiger partial charge in [0, 0.05) is 12.6 Å². The van der Waals surface area contributed by atoms with Crippen LogP contribution in [0.1, 0.15) is 29.5 Å². The van der Waals surface area contributed by atoms with Crippen LogP contribution < -0.4 is 4.74 Å². The second-order valence-electron chi connectivity index (χ2n) is 6.93. The van der Waals surface area contributed by atoms with Gasteiger partial charge < -0.3 is 4.74 Å². The van der Waals surface area contributed by atoms with E-state index < -0.39 is 0 Å². The minimum Gasteiger partial charge on any atom is -0.496 e. The molecule has 1 heterocycles. The summed E-state index contributed by atoms with van der Waals surface area (Å²) in [5.74, 6) is 1.86. The number of rotatable bonds is 3. The van der Waals surface area contributed by atoms with Crippen molar-refractivity contribution in [3.05, 3.63) is 65.2 Å². The Hall–Kier alpha value is -1.80. The van der Waals surface area contributed by atoms with E-state index in [0.29, 0.717) is 6.04 Å². The summed E-state index contributed by atoms with van der Waals surface area (Å²) in [4.78, 5) is 2.71. The SMILES string of the molecule is COc1cccc2c1C[C@H]1CCCN(Cc3ccccc3)[C@@H]1C2. The predicted octanol–water partition coefficient (Wildman–Crippen LogP) is 4.07. The molecule has 0 aromatic heterocycles. The average Bonchev–Trinajstić information content (AvgIpc) is 2.61. The lowest BCUT2D eigenvalue weighted by atomic mass is 9.75. The standard InChI is InChI=1S/C21H25NO/c1-23-21-11-5-9-17-14-20-18(13-19(17)21)10-6-12-22(20)15-16-7-3-2-4-8-16/h2-5,7-9,11,18,20H,6,10,12-15H2,1H3/t18-,20-/m1/s1. The average molecular weight is 307 g/mol. The van der Waals surface area contributed by atoms with Crippen molar-refractivity contribution in [3.8, 4) is 5.75 Å². The highest BCUT2D eigenvalue weighted by atomic mass is 16.5. The summed E-state index contributed by atoms with van der Waals surface area (Å²) >= 11 is 0. The van der Waals surface area contributed by atoms with Crippen LogP contribution >= 0.6 is 0 Å². The van der Waals surface area contributed by atoms with Crippen molar-refractivity contribution in [1.29, 1.82) is 0 Å². The van der Waals surface area contributed by atoms with Gasteiger partial charge in [0.15, 0.2) is 0 Å². The normalized spacial score (nSPS) is 23.9. The van der Waals surface area contributed by atoms with Gasteiger partial charge in [-0.1, -0.05) is 42.5 Å². The number of ether oxygens (including phenoxy) is 1. The van der Waals surface area contributed by atoms with Crippen LogP contribution in [-0.4, -0.2) is 24.6 Å². The molecule has 0 amide bonds. The number of fused-ring (bicyclic) bond motifs is 2. The number of methoxy groups -OCH3 is 1. The summed E-state index contributed by atoms with van der Waals surface area (Å²) in [6.07, 6.45) is 5.02. The topological polar surface area (TPSA) is 12.5 Å². The van der Waals surface area contributed by atoms with Crippen molar-refractivity contribution >= 4 is 0 Å². The molecule has 2 atom stereocenters. The second kappa shape index (κ2) is 6.37. The molecule has 0 saturated carbocycles. The minimum absolute atomic E-state index is 0.684.